The fourth-order valence-electron chi connectivity index (χ4n) is 3.09. The van der Waals surface area contributed by atoms with Crippen molar-refractivity contribution in [1.29, 1.82) is 0 Å². The molecular formula is C19H23N5O4. The number of amides is 1. The first-order valence-corrected chi connectivity index (χ1v) is 9.28. The molecule has 1 aromatic carbocycles. The Kier molecular flexibility index (Phi) is 5.54. The molecule has 9 nitrogen and oxygen atoms in total. The van der Waals surface area contributed by atoms with Gasteiger partial charge in [0.25, 0.3) is 5.91 Å². The quantitative estimate of drug-likeness (QED) is 0.768. The van der Waals surface area contributed by atoms with Crippen LogP contribution in [0.5, 0.6) is 11.5 Å². The zero-order chi connectivity index (χ0) is 19.3. The molecule has 9 heteroatoms. The van der Waals surface area contributed by atoms with Gasteiger partial charge in [-0.25, -0.2) is 9.97 Å². The molecule has 0 radical (unpaired) electrons. The number of aryl methyl sites for hydroxylation is 1. The fourth-order valence-corrected chi connectivity index (χ4v) is 3.09. The lowest BCUT2D eigenvalue weighted by Gasteiger charge is -2.26. The SMILES string of the molecule is Cc1cc(C(=O)NCCN2CCOCC2)nc(Nc2ccc3c(c2)OCO3)n1. The molecule has 1 saturated heterocycles. The molecule has 1 aromatic heterocycles. The summed E-state index contributed by atoms with van der Waals surface area (Å²) >= 11 is 0. The highest BCUT2D eigenvalue weighted by Gasteiger charge is 2.15. The van der Waals surface area contributed by atoms with E-state index in [9.17, 15) is 4.79 Å². The van der Waals surface area contributed by atoms with Crippen molar-refractivity contribution >= 4 is 17.5 Å². The minimum Gasteiger partial charge on any atom is -0.454 e. The van der Waals surface area contributed by atoms with E-state index in [1.54, 1.807) is 6.07 Å². The van der Waals surface area contributed by atoms with Crippen molar-refractivity contribution in [3.05, 3.63) is 35.7 Å². The number of ether oxygens (including phenoxy) is 3. The van der Waals surface area contributed by atoms with Gasteiger partial charge in [-0.05, 0) is 25.1 Å². The Labute approximate surface area is 163 Å². The molecule has 4 rings (SSSR count). The lowest BCUT2D eigenvalue weighted by atomic mass is 10.3. The first kappa shape index (κ1) is 18.5. The van der Waals surface area contributed by atoms with Crippen molar-refractivity contribution in [3.8, 4) is 11.5 Å². The van der Waals surface area contributed by atoms with Gasteiger partial charge in [0.05, 0.1) is 13.2 Å². The number of hydrogen-bond acceptors (Lipinski definition) is 8. The Morgan fingerprint density at radius 2 is 1.96 bits per heavy atom. The van der Waals surface area contributed by atoms with Crippen LogP contribution in [-0.4, -0.2) is 67.0 Å². The first-order chi connectivity index (χ1) is 13.7. The van der Waals surface area contributed by atoms with Crippen molar-refractivity contribution in [2.24, 2.45) is 0 Å². The predicted molar refractivity (Wildman–Crippen MR) is 102 cm³/mol. The summed E-state index contributed by atoms with van der Waals surface area (Å²) in [7, 11) is 0. The highest BCUT2D eigenvalue weighted by atomic mass is 16.7. The molecule has 0 unspecified atom stereocenters. The third kappa shape index (κ3) is 4.49. The molecule has 0 saturated carbocycles. The van der Waals surface area contributed by atoms with E-state index in [-0.39, 0.29) is 12.7 Å². The van der Waals surface area contributed by atoms with Crippen molar-refractivity contribution < 1.29 is 19.0 Å². The molecule has 2 aliphatic rings. The summed E-state index contributed by atoms with van der Waals surface area (Å²) in [5.41, 5.74) is 1.79. The highest BCUT2D eigenvalue weighted by molar-refractivity contribution is 5.92. The number of carbonyl (C=O) groups is 1. The van der Waals surface area contributed by atoms with E-state index in [0.717, 1.165) is 38.5 Å². The van der Waals surface area contributed by atoms with Crippen LogP contribution in [0.4, 0.5) is 11.6 Å². The normalized spacial score (nSPS) is 16.0. The average molecular weight is 385 g/mol. The maximum Gasteiger partial charge on any atom is 0.270 e. The minimum absolute atomic E-state index is 0.215. The largest absolute Gasteiger partial charge is 0.454 e. The maximum absolute atomic E-state index is 12.5. The van der Waals surface area contributed by atoms with E-state index in [1.807, 2.05) is 25.1 Å². The zero-order valence-electron chi connectivity index (χ0n) is 15.7. The van der Waals surface area contributed by atoms with Gasteiger partial charge in [-0.2, -0.15) is 0 Å². The highest BCUT2D eigenvalue weighted by Crippen LogP contribution is 2.34. The lowest BCUT2D eigenvalue weighted by molar-refractivity contribution is 0.0383. The number of hydrogen-bond donors (Lipinski definition) is 2. The van der Waals surface area contributed by atoms with Gasteiger partial charge in [-0.15, -0.1) is 0 Å². The number of aromatic nitrogens is 2. The van der Waals surface area contributed by atoms with Gasteiger partial charge in [-0.3, -0.25) is 9.69 Å². The molecule has 0 bridgehead atoms. The summed E-state index contributed by atoms with van der Waals surface area (Å²) in [4.78, 5) is 23.5. The van der Waals surface area contributed by atoms with Crippen LogP contribution in [0.2, 0.25) is 0 Å². The summed E-state index contributed by atoms with van der Waals surface area (Å²) in [6.45, 7) is 6.68. The summed E-state index contributed by atoms with van der Waals surface area (Å²) in [6.07, 6.45) is 0. The first-order valence-electron chi connectivity index (χ1n) is 9.28. The molecule has 0 spiro atoms. The summed E-state index contributed by atoms with van der Waals surface area (Å²) in [6, 6.07) is 7.16. The lowest BCUT2D eigenvalue weighted by Crippen LogP contribution is -2.41. The van der Waals surface area contributed by atoms with Crippen LogP contribution >= 0.6 is 0 Å². The molecule has 2 aromatic rings. The van der Waals surface area contributed by atoms with Gasteiger partial charge < -0.3 is 24.8 Å². The Morgan fingerprint density at radius 1 is 1.14 bits per heavy atom. The Bertz CT molecular complexity index is 854. The predicted octanol–water partition coefficient (Wildman–Crippen LogP) is 1.32. The van der Waals surface area contributed by atoms with Crippen LogP contribution in [0, 0.1) is 6.92 Å². The number of nitrogens with zero attached hydrogens (tertiary/aromatic N) is 3. The third-order valence-corrected chi connectivity index (χ3v) is 4.53. The number of nitrogens with one attached hydrogen (secondary N) is 2. The van der Waals surface area contributed by atoms with Crippen molar-refractivity contribution in [1.82, 2.24) is 20.2 Å². The molecule has 148 valence electrons. The van der Waals surface area contributed by atoms with Crippen LogP contribution in [0.25, 0.3) is 0 Å². The Morgan fingerprint density at radius 3 is 2.82 bits per heavy atom. The minimum atomic E-state index is -0.215. The third-order valence-electron chi connectivity index (χ3n) is 4.53. The second-order valence-electron chi connectivity index (χ2n) is 6.62. The van der Waals surface area contributed by atoms with Gasteiger partial charge in [0, 0.05) is 43.6 Å². The van der Waals surface area contributed by atoms with Crippen LogP contribution in [0.15, 0.2) is 24.3 Å². The Balaban J connectivity index is 1.38. The molecular weight excluding hydrogens is 362 g/mol. The smallest absolute Gasteiger partial charge is 0.270 e. The zero-order valence-corrected chi connectivity index (χ0v) is 15.7. The standard InChI is InChI=1S/C19H23N5O4/c1-13-10-15(18(25)20-4-5-24-6-8-26-9-7-24)23-19(21-13)22-14-2-3-16-17(11-14)28-12-27-16/h2-3,10-11H,4-9,12H2,1H3,(H,20,25)(H,21,22,23). The van der Waals surface area contributed by atoms with Crippen molar-refractivity contribution in [2.45, 2.75) is 6.92 Å². The number of carbonyl (C=O) groups excluding carboxylic acids is 1. The summed E-state index contributed by atoms with van der Waals surface area (Å²) in [5.74, 6) is 1.51. The molecule has 0 atom stereocenters. The Hall–Kier alpha value is -2.91. The number of anilines is 2. The van der Waals surface area contributed by atoms with E-state index < -0.39 is 0 Å². The van der Waals surface area contributed by atoms with E-state index in [0.29, 0.717) is 35.4 Å². The number of fused-ring (bicyclic) bond motifs is 1. The van der Waals surface area contributed by atoms with Gasteiger partial charge in [-0.1, -0.05) is 0 Å². The fraction of sp³-hybridized carbons (Fsp3) is 0.421. The van der Waals surface area contributed by atoms with Crippen LogP contribution in [0.1, 0.15) is 16.2 Å². The number of benzene rings is 1. The van der Waals surface area contributed by atoms with E-state index in [2.05, 4.69) is 25.5 Å². The molecule has 3 heterocycles. The molecule has 28 heavy (non-hydrogen) atoms. The molecule has 2 aliphatic heterocycles. The van der Waals surface area contributed by atoms with E-state index in [4.69, 9.17) is 14.2 Å². The summed E-state index contributed by atoms with van der Waals surface area (Å²) in [5, 5.41) is 6.04. The van der Waals surface area contributed by atoms with E-state index >= 15 is 0 Å². The summed E-state index contributed by atoms with van der Waals surface area (Å²) < 4.78 is 16.0. The molecule has 1 amide bonds. The van der Waals surface area contributed by atoms with Gasteiger partial charge in [0.1, 0.15) is 5.69 Å². The molecule has 1 fully saturated rings. The maximum atomic E-state index is 12.5. The van der Waals surface area contributed by atoms with Crippen LogP contribution in [-0.2, 0) is 4.74 Å². The van der Waals surface area contributed by atoms with Gasteiger partial charge in [0.2, 0.25) is 12.7 Å². The van der Waals surface area contributed by atoms with Gasteiger partial charge >= 0.3 is 0 Å². The van der Waals surface area contributed by atoms with Crippen molar-refractivity contribution in [3.63, 3.8) is 0 Å². The number of morpholine rings is 1. The number of rotatable bonds is 6. The second kappa shape index (κ2) is 8.41. The van der Waals surface area contributed by atoms with Crippen LogP contribution < -0.4 is 20.1 Å². The van der Waals surface area contributed by atoms with Crippen molar-refractivity contribution in [2.75, 3.05) is 51.5 Å². The molecule has 2 N–H and O–H groups in total. The monoisotopic (exact) mass is 385 g/mol. The molecule has 0 aliphatic carbocycles. The average Bonchev–Trinajstić information content (AvgIpc) is 3.16. The van der Waals surface area contributed by atoms with Crippen LogP contribution in [0.3, 0.4) is 0 Å². The van der Waals surface area contributed by atoms with Gasteiger partial charge in [0.15, 0.2) is 11.5 Å². The van der Waals surface area contributed by atoms with E-state index in [1.165, 1.54) is 0 Å². The second-order valence-corrected chi connectivity index (χ2v) is 6.62. The topological polar surface area (TPSA) is 97.8 Å².